The lowest BCUT2D eigenvalue weighted by molar-refractivity contribution is -0.128. The Kier molecular flexibility index (Phi) is 3.53. The summed E-state index contributed by atoms with van der Waals surface area (Å²) in [7, 11) is 0. The Morgan fingerprint density at radius 3 is 2.69 bits per heavy atom. The van der Waals surface area contributed by atoms with E-state index in [0.29, 0.717) is 12.5 Å². The molecule has 16 heavy (non-hydrogen) atoms. The van der Waals surface area contributed by atoms with E-state index in [1.165, 1.54) is 12.8 Å². The zero-order valence-corrected chi connectivity index (χ0v) is 10.2. The highest BCUT2D eigenvalue weighted by molar-refractivity contribution is 5.78. The Bertz CT molecular complexity index is 261. The molecular formula is C13H23NO2. The van der Waals surface area contributed by atoms with Crippen molar-refractivity contribution in [3.63, 3.8) is 0 Å². The number of amides is 1. The molecule has 0 aromatic rings. The number of carbonyl (C=O) groups is 1. The summed E-state index contributed by atoms with van der Waals surface area (Å²) in [5.41, 5.74) is -0.587. The first-order valence-electron chi connectivity index (χ1n) is 6.59. The highest BCUT2D eigenvalue weighted by atomic mass is 16.3. The van der Waals surface area contributed by atoms with Crippen molar-refractivity contribution in [3.8, 4) is 0 Å². The maximum atomic E-state index is 11.9. The number of hydrogen-bond acceptors (Lipinski definition) is 2. The minimum absolute atomic E-state index is 0.159. The first-order chi connectivity index (χ1) is 7.59. The predicted octanol–water partition coefficient (Wildman–Crippen LogP) is 1.84. The van der Waals surface area contributed by atoms with Crippen LogP contribution in [0.5, 0.6) is 0 Å². The van der Waals surface area contributed by atoms with Gasteiger partial charge in [0.2, 0.25) is 5.91 Å². The lowest BCUT2D eigenvalue weighted by Crippen LogP contribution is -2.49. The average molecular weight is 225 g/mol. The van der Waals surface area contributed by atoms with Crippen molar-refractivity contribution in [3.05, 3.63) is 0 Å². The molecule has 0 aromatic carbocycles. The van der Waals surface area contributed by atoms with Gasteiger partial charge in [-0.1, -0.05) is 19.8 Å². The average Bonchev–Trinajstić information content (AvgIpc) is 2.23. The van der Waals surface area contributed by atoms with Crippen molar-refractivity contribution in [2.45, 2.75) is 57.5 Å². The van der Waals surface area contributed by atoms with E-state index in [4.69, 9.17) is 0 Å². The Labute approximate surface area is 97.6 Å². The van der Waals surface area contributed by atoms with Crippen LogP contribution in [0.25, 0.3) is 0 Å². The van der Waals surface area contributed by atoms with Crippen molar-refractivity contribution in [1.82, 2.24) is 5.32 Å². The van der Waals surface area contributed by atoms with E-state index < -0.39 is 5.60 Å². The second-order valence-electron chi connectivity index (χ2n) is 5.76. The van der Waals surface area contributed by atoms with Crippen molar-refractivity contribution in [2.24, 2.45) is 11.8 Å². The molecule has 1 amide bonds. The van der Waals surface area contributed by atoms with Crippen LogP contribution in [-0.2, 0) is 4.79 Å². The first-order valence-corrected chi connectivity index (χ1v) is 6.59. The monoisotopic (exact) mass is 225 g/mol. The Morgan fingerprint density at radius 1 is 1.38 bits per heavy atom. The molecule has 0 spiro atoms. The van der Waals surface area contributed by atoms with E-state index in [1.54, 1.807) is 0 Å². The van der Waals surface area contributed by atoms with Gasteiger partial charge in [0, 0.05) is 12.5 Å². The standard InChI is InChI=1S/C13H23NO2/c1-10-4-2-5-11(8-10)12(15)14-9-13(16)6-3-7-13/h10-11,16H,2-9H2,1H3,(H,14,15). The molecule has 3 heteroatoms. The number of rotatable bonds is 3. The molecule has 2 fully saturated rings. The van der Waals surface area contributed by atoms with Gasteiger partial charge in [-0.15, -0.1) is 0 Å². The first kappa shape index (κ1) is 11.9. The fraction of sp³-hybridized carbons (Fsp3) is 0.923. The molecule has 2 aliphatic rings. The summed E-state index contributed by atoms with van der Waals surface area (Å²) >= 11 is 0. The summed E-state index contributed by atoms with van der Waals surface area (Å²) in [4.78, 5) is 11.9. The topological polar surface area (TPSA) is 49.3 Å². The molecule has 2 atom stereocenters. The van der Waals surface area contributed by atoms with Crippen LogP contribution in [0.15, 0.2) is 0 Å². The van der Waals surface area contributed by atoms with Crippen LogP contribution in [-0.4, -0.2) is 23.2 Å². The third kappa shape index (κ3) is 2.76. The van der Waals surface area contributed by atoms with Gasteiger partial charge in [0.15, 0.2) is 0 Å². The third-order valence-electron chi connectivity index (χ3n) is 4.18. The van der Waals surface area contributed by atoms with Crippen LogP contribution in [0.4, 0.5) is 0 Å². The quantitative estimate of drug-likeness (QED) is 0.770. The number of aliphatic hydroxyl groups is 1. The maximum Gasteiger partial charge on any atom is 0.223 e. The molecule has 0 saturated heterocycles. The second kappa shape index (κ2) is 4.74. The van der Waals surface area contributed by atoms with Crippen LogP contribution < -0.4 is 5.32 Å². The Morgan fingerprint density at radius 2 is 2.12 bits per heavy atom. The second-order valence-corrected chi connectivity index (χ2v) is 5.76. The molecule has 2 N–H and O–H groups in total. The molecule has 3 nitrogen and oxygen atoms in total. The zero-order chi connectivity index (χ0) is 11.6. The van der Waals surface area contributed by atoms with Crippen molar-refractivity contribution in [1.29, 1.82) is 0 Å². The van der Waals surface area contributed by atoms with E-state index in [1.807, 2.05) is 0 Å². The van der Waals surface area contributed by atoms with Crippen molar-refractivity contribution in [2.75, 3.05) is 6.54 Å². The predicted molar refractivity (Wildman–Crippen MR) is 62.9 cm³/mol. The smallest absolute Gasteiger partial charge is 0.223 e. The van der Waals surface area contributed by atoms with E-state index >= 15 is 0 Å². The molecule has 0 aromatic heterocycles. The van der Waals surface area contributed by atoms with Gasteiger partial charge in [-0.3, -0.25) is 4.79 Å². The van der Waals surface area contributed by atoms with Gasteiger partial charge in [-0.2, -0.15) is 0 Å². The minimum Gasteiger partial charge on any atom is -0.388 e. The Hall–Kier alpha value is -0.570. The van der Waals surface area contributed by atoms with Crippen LogP contribution in [0.2, 0.25) is 0 Å². The molecule has 0 aliphatic heterocycles. The number of hydrogen-bond donors (Lipinski definition) is 2. The number of nitrogens with one attached hydrogen (secondary N) is 1. The summed E-state index contributed by atoms with van der Waals surface area (Å²) in [6.45, 7) is 2.68. The summed E-state index contributed by atoms with van der Waals surface area (Å²) in [5.74, 6) is 1.02. The summed E-state index contributed by atoms with van der Waals surface area (Å²) < 4.78 is 0. The molecule has 0 radical (unpaired) electrons. The van der Waals surface area contributed by atoms with E-state index in [2.05, 4.69) is 12.2 Å². The molecule has 2 aliphatic carbocycles. The summed E-state index contributed by atoms with van der Waals surface area (Å²) in [6, 6.07) is 0. The van der Waals surface area contributed by atoms with Gasteiger partial charge in [-0.05, 0) is 38.0 Å². The number of carbonyl (C=O) groups excluding carboxylic acids is 1. The van der Waals surface area contributed by atoms with Crippen molar-refractivity contribution >= 4 is 5.91 Å². The van der Waals surface area contributed by atoms with Gasteiger partial charge in [-0.25, -0.2) is 0 Å². The lowest BCUT2D eigenvalue weighted by atomic mass is 9.79. The van der Waals surface area contributed by atoms with Crippen LogP contribution in [0.1, 0.15) is 51.9 Å². The normalized spacial score (nSPS) is 32.9. The van der Waals surface area contributed by atoms with E-state index in [0.717, 1.165) is 32.1 Å². The van der Waals surface area contributed by atoms with E-state index in [9.17, 15) is 9.90 Å². The van der Waals surface area contributed by atoms with E-state index in [-0.39, 0.29) is 11.8 Å². The lowest BCUT2D eigenvalue weighted by Gasteiger charge is -2.37. The highest BCUT2D eigenvalue weighted by Crippen LogP contribution is 2.31. The molecule has 2 unspecified atom stereocenters. The Balaban J connectivity index is 1.74. The van der Waals surface area contributed by atoms with Gasteiger partial charge < -0.3 is 10.4 Å². The molecule has 92 valence electrons. The SMILES string of the molecule is CC1CCCC(C(=O)NCC2(O)CCC2)C1. The fourth-order valence-corrected chi connectivity index (χ4v) is 2.83. The van der Waals surface area contributed by atoms with Crippen LogP contribution in [0, 0.1) is 11.8 Å². The van der Waals surface area contributed by atoms with Crippen LogP contribution >= 0.6 is 0 Å². The van der Waals surface area contributed by atoms with Gasteiger partial charge in [0.05, 0.1) is 5.60 Å². The summed E-state index contributed by atoms with van der Waals surface area (Å²) in [5, 5.41) is 12.8. The van der Waals surface area contributed by atoms with Gasteiger partial charge in [0.25, 0.3) is 0 Å². The van der Waals surface area contributed by atoms with Gasteiger partial charge >= 0.3 is 0 Å². The van der Waals surface area contributed by atoms with Crippen molar-refractivity contribution < 1.29 is 9.90 Å². The third-order valence-corrected chi connectivity index (χ3v) is 4.18. The zero-order valence-electron chi connectivity index (χ0n) is 10.2. The highest BCUT2D eigenvalue weighted by Gasteiger charge is 2.35. The minimum atomic E-state index is -0.587. The molecular weight excluding hydrogens is 202 g/mol. The van der Waals surface area contributed by atoms with Crippen LogP contribution in [0.3, 0.4) is 0 Å². The molecule has 2 saturated carbocycles. The largest absolute Gasteiger partial charge is 0.388 e. The molecule has 2 rings (SSSR count). The molecule has 0 bridgehead atoms. The maximum absolute atomic E-state index is 11.9. The summed E-state index contributed by atoms with van der Waals surface area (Å²) in [6.07, 6.45) is 7.24. The van der Waals surface area contributed by atoms with Gasteiger partial charge in [0.1, 0.15) is 0 Å². The molecule has 0 heterocycles. The fourth-order valence-electron chi connectivity index (χ4n) is 2.83.